The number of Topliss-reactive ketones (excluding diaryl/α,β-unsaturated/α-hetero) is 1. The third-order valence-corrected chi connectivity index (χ3v) is 6.77. The van der Waals surface area contributed by atoms with Gasteiger partial charge in [0.25, 0.3) is 11.8 Å². The molecular weight excluding hydrogens is 464 g/mol. The number of hydrazine groups is 1. The molecular formula is C26H30N4O6. The smallest absolute Gasteiger partial charge is 0.344 e. The van der Waals surface area contributed by atoms with Crippen LogP contribution in [0.15, 0.2) is 48.5 Å². The fourth-order valence-corrected chi connectivity index (χ4v) is 4.58. The average Bonchev–Trinajstić information content (AvgIpc) is 3.12. The predicted molar refractivity (Wildman–Crippen MR) is 130 cm³/mol. The Bertz CT molecular complexity index is 1160. The topological polar surface area (TPSA) is 117 Å². The number of methoxy groups -OCH3 is 2. The Morgan fingerprint density at radius 1 is 1.03 bits per heavy atom. The highest BCUT2D eigenvalue weighted by Gasteiger charge is 2.50. The van der Waals surface area contributed by atoms with Crippen LogP contribution in [-0.2, 0) is 15.1 Å². The molecule has 2 aromatic rings. The molecule has 1 atom stereocenters. The molecule has 10 heteroatoms. The van der Waals surface area contributed by atoms with E-state index >= 15 is 0 Å². The summed E-state index contributed by atoms with van der Waals surface area (Å²) >= 11 is 0. The number of likely N-dealkylation sites (tertiary alicyclic amines) is 1. The maximum Gasteiger partial charge on any atom is 0.344 e. The fraction of sp³-hybridized carbons (Fsp3) is 0.385. The summed E-state index contributed by atoms with van der Waals surface area (Å²) in [4.78, 5) is 53.0. The lowest BCUT2D eigenvalue weighted by molar-refractivity contribution is -0.139. The van der Waals surface area contributed by atoms with Crippen molar-refractivity contribution in [2.24, 2.45) is 5.92 Å². The lowest BCUT2D eigenvalue weighted by atomic mass is 9.89. The van der Waals surface area contributed by atoms with E-state index in [-0.39, 0.29) is 18.2 Å². The number of urea groups is 1. The van der Waals surface area contributed by atoms with Gasteiger partial charge in [-0.05, 0) is 74.8 Å². The highest BCUT2D eigenvalue weighted by Crippen LogP contribution is 2.30. The SMILES string of the molecule is COc1ccc(C(=O)C2CCN(CC(=O)NN3C(=O)NC(C)(c4cccc(OC)c4)C3=O)CC2)cc1. The quantitative estimate of drug-likeness (QED) is 0.426. The zero-order chi connectivity index (χ0) is 25.9. The van der Waals surface area contributed by atoms with E-state index in [9.17, 15) is 19.2 Å². The van der Waals surface area contributed by atoms with Crippen LogP contribution in [0.3, 0.4) is 0 Å². The molecule has 0 aliphatic carbocycles. The van der Waals surface area contributed by atoms with E-state index in [4.69, 9.17) is 9.47 Å². The highest BCUT2D eigenvalue weighted by molar-refractivity contribution is 6.08. The molecule has 0 bridgehead atoms. The van der Waals surface area contributed by atoms with Gasteiger partial charge in [0, 0.05) is 11.5 Å². The van der Waals surface area contributed by atoms with Crippen LogP contribution in [0.2, 0.25) is 0 Å². The number of rotatable bonds is 8. The second-order valence-electron chi connectivity index (χ2n) is 9.11. The minimum atomic E-state index is -1.33. The van der Waals surface area contributed by atoms with Crippen molar-refractivity contribution in [3.05, 3.63) is 59.7 Å². The van der Waals surface area contributed by atoms with Gasteiger partial charge < -0.3 is 14.8 Å². The number of imide groups is 1. The van der Waals surface area contributed by atoms with Gasteiger partial charge in [0.05, 0.1) is 20.8 Å². The zero-order valence-electron chi connectivity index (χ0n) is 20.6. The van der Waals surface area contributed by atoms with Crippen molar-refractivity contribution in [3.8, 4) is 11.5 Å². The van der Waals surface area contributed by atoms with E-state index in [1.807, 2.05) is 4.90 Å². The van der Waals surface area contributed by atoms with Crippen molar-refractivity contribution in [2.45, 2.75) is 25.3 Å². The van der Waals surface area contributed by atoms with Crippen LogP contribution >= 0.6 is 0 Å². The molecule has 0 aromatic heterocycles. The summed E-state index contributed by atoms with van der Waals surface area (Å²) in [5.74, 6) is 0.143. The van der Waals surface area contributed by atoms with Gasteiger partial charge in [-0.1, -0.05) is 12.1 Å². The molecule has 0 spiro atoms. The van der Waals surface area contributed by atoms with E-state index in [2.05, 4.69) is 10.7 Å². The number of nitrogens with one attached hydrogen (secondary N) is 2. The summed E-state index contributed by atoms with van der Waals surface area (Å²) in [6.07, 6.45) is 1.24. The number of ether oxygens (including phenoxy) is 2. The van der Waals surface area contributed by atoms with Crippen molar-refractivity contribution < 1.29 is 28.7 Å². The van der Waals surface area contributed by atoms with E-state index in [0.717, 1.165) is 5.01 Å². The Morgan fingerprint density at radius 2 is 1.69 bits per heavy atom. The molecule has 10 nitrogen and oxygen atoms in total. The van der Waals surface area contributed by atoms with Crippen LogP contribution in [-0.4, -0.2) is 67.4 Å². The highest BCUT2D eigenvalue weighted by atomic mass is 16.5. The Balaban J connectivity index is 1.31. The lowest BCUT2D eigenvalue weighted by Gasteiger charge is -2.31. The number of hydrogen-bond donors (Lipinski definition) is 2. The molecule has 0 saturated carbocycles. The second kappa shape index (κ2) is 10.4. The van der Waals surface area contributed by atoms with Gasteiger partial charge in [-0.15, -0.1) is 0 Å². The van der Waals surface area contributed by atoms with Crippen LogP contribution in [0.25, 0.3) is 0 Å². The van der Waals surface area contributed by atoms with E-state index < -0.39 is 23.4 Å². The largest absolute Gasteiger partial charge is 0.497 e. The van der Waals surface area contributed by atoms with Crippen molar-refractivity contribution in [1.29, 1.82) is 0 Å². The molecule has 1 unspecified atom stereocenters. The van der Waals surface area contributed by atoms with Gasteiger partial charge in [0.15, 0.2) is 5.78 Å². The molecule has 36 heavy (non-hydrogen) atoms. The Kier molecular flexibility index (Phi) is 7.25. The molecule has 2 aromatic carbocycles. The molecule has 2 N–H and O–H groups in total. The number of carbonyl (C=O) groups is 4. The minimum Gasteiger partial charge on any atom is -0.497 e. The standard InChI is InChI=1S/C26H30N4O6/c1-26(19-5-4-6-21(15-19)36-3)24(33)30(25(34)27-26)28-22(31)16-29-13-11-18(12-14-29)23(32)17-7-9-20(35-2)10-8-17/h4-10,15,18H,11-14,16H2,1-3H3,(H,27,34)(H,28,31). The normalized spacial score (nSPS) is 20.7. The number of carbonyl (C=O) groups excluding carboxylic acids is 4. The summed E-state index contributed by atoms with van der Waals surface area (Å²) < 4.78 is 10.4. The van der Waals surface area contributed by atoms with E-state index in [1.165, 1.54) is 7.11 Å². The number of nitrogens with zero attached hydrogens (tertiary/aromatic N) is 2. The van der Waals surface area contributed by atoms with Gasteiger partial charge in [-0.3, -0.25) is 24.7 Å². The number of amides is 4. The number of benzene rings is 2. The summed E-state index contributed by atoms with van der Waals surface area (Å²) in [5.41, 5.74) is 2.28. The molecule has 190 valence electrons. The Morgan fingerprint density at radius 3 is 2.33 bits per heavy atom. The second-order valence-corrected chi connectivity index (χ2v) is 9.11. The summed E-state index contributed by atoms with van der Waals surface area (Å²) in [5, 5.41) is 3.38. The zero-order valence-corrected chi connectivity index (χ0v) is 20.6. The first kappa shape index (κ1) is 25.2. The molecule has 2 aliphatic heterocycles. The van der Waals surface area contributed by atoms with Crippen LogP contribution < -0.4 is 20.2 Å². The van der Waals surface area contributed by atoms with Crippen molar-refractivity contribution >= 4 is 23.6 Å². The van der Waals surface area contributed by atoms with Crippen molar-refractivity contribution in [3.63, 3.8) is 0 Å². The molecule has 2 aliphatic rings. The molecule has 4 rings (SSSR count). The summed E-state index contributed by atoms with van der Waals surface area (Å²) in [7, 11) is 3.09. The van der Waals surface area contributed by atoms with Crippen LogP contribution in [0.5, 0.6) is 11.5 Å². The Hall–Kier alpha value is -3.92. The van der Waals surface area contributed by atoms with Gasteiger partial charge >= 0.3 is 6.03 Å². The first-order chi connectivity index (χ1) is 17.2. The monoisotopic (exact) mass is 494 g/mol. The van der Waals surface area contributed by atoms with Gasteiger partial charge in [0.1, 0.15) is 17.0 Å². The Labute approximate surface area is 209 Å². The third kappa shape index (κ3) is 5.03. The first-order valence-corrected chi connectivity index (χ1v) is 11.8. The molecule has 0 radical (unpaired) electrons. The average molecular weight is 495 g/mol. The van der Waals surface area contributed by atoms with E-state index in [1.54, 1.807) is 62.6 Å². The number of hydrogen-bond acceptors (Lipinski definition) is 7. The maximum absolute atomic E-state index is 13.1. The van der Waals surface area contributed by atoms with Gasteiger partial charge in [0.2, 0.25) is 0 Å². The number of ketones is 1. The third-order valence-electron chi connectivity index (χ3n) is 6.77. The number of piperidine rings is 1. The van der Waals surface area contributed by atoms with Gasteiger partial charge in [-0.25, -0.2) is 4.79 Å². The first-order valence-electron chi connectivity index (χ1n) is 11.8. The minimum absolute atomic E-state index is 0.0103. The summed E-state index contributed by atoms with van der Waals surface area (Å²) in [6.45, 7) is 2.71. The van der Waals surface area contributed by atoms with E-state index in [0.29, 0.717) is 48.6 Å². The van der Waals surface area contributed by atoms with Crippen molar-refractivity contribution in [2.75, 3.05) is 33.9 Å². The fourth-order valence-electron chi connectivity index (χ4n) is 4.58. The molecule has 2 heterocycles. The van der Waals surface area contributed by atoms with Crippen LogP contribution in [0, 0.1) is 5.92 Å². The van der Waals surface area contributed by atoms with Crippen LogP contribution in [0.1, 0.15) is 35.7 Å². The lowest BCUT2D eigenvalue weighted by Crippen LogP contribution is -2.51. The molecule has 2 fully saturated rings. The predicted octanol–water partition coefficient (Wildman–Crippen LogP) is 2.10. The van der Waals surface area contributed by atoms with Crippen LogP contribution in [0.4, 0.5) is 4.79 Å². The summed E-state index contributed by atoms with van der Waals surface area (Å²) in [6, 6.07) is 13.2. The maximum atomic E-state index is 13.1. The van der Waals surface area contributed by atoms with Gasteiger partial charge in [-0.2, -0.15) is 5.01 Å². The van der Waals surface area contributed by atoms with Crippen molar-refractivity contribution in [1.82, 2.24) is 20.7 Å². The molecule has 4 amide bonds. The molecule has 2 saturated heterocycles.